The fourth-order valence-corrected chi connectivity index (χ4v) is 2.92. The van der Waals surface area contributed by atoms with E-state index < -0.39 is 22.3 Å². The first kappa shape index (κ1) is 20.2. The van der Waals surface area contributed by atoms with E-state index in [4.69, 9.17) is 11.6 Å². The Bertz CT molecular complexity index is 1180. The lowest BCUT2D eigenvalue weighted by molar-refractivity contribution is -0.385. The number of benzene rings is 2. The van der Waals surface area contributed by atoms with Gasteiger partial charge in [0.2, 0.25) is 0 Å². The van der Waals surface area contributed by atoms with Gasteiger partial charge in [0.1, 0.15) is 5.82 Å². The summed E-state index contributed by atoms with van der Waals surface area (Å²) in [5.41, 5.74) is -0.163. The molecule has 0 aliphatic carbocycles. The number of aromatic nitrogens is 1. The van der Waals surface area contributed by atoms with Gasteiger partial charge in [0.05, 0.1) is 22.7 Å². The molecule has 0 saturated heterocycles. The van der Waals surface area contributed by atoms with Gasteiger partial charge in [0, 0.05) is 28.9 Å². The van der Waals surface area contributed by atoms with E-state index in [9.17, 15) is 24.1 Å². The SMILES string of the molecule is Cc1c(F)cc(C(=O)Nc2ccc(=O)n(Cc3ccccc3Cl)c2)cc1[N+](=O)[O-]. The lowest BCUT2D eigenvalue weighted by Gasteiger charge is -2.11. The summed E-state index contributed by atoms with van der Waals surface area (Å²) in [7, 11) is 0. The minimum absolute atomic E-state index is 0.153. The molecular formula is C20H15ClFN3O4. The average Bonchev–Trinajstić information content (AvgIpc) is 2.67. The second-order valence-electron chi connectivity index (χ2n) is 6.29. The summed E-state index contributed by atoms with van der Waals surface area (Å²) in [6.45, 7) is 1.45. The molecule has 0 unspecified atom stereocenters. The van der Waals surface area contributed by atoms with Crippen LogP contribution in [0, 0.1) is 22.9 Å². The maximum atomic E-state index is 14.0. The normalized spacial score (nSPS) is 10.6. The highest BCUT2D eigenvalue weighted by atomic mass is 35.5. The number of amides is 1. The van der Waals surface area contributed by atoms with E-state index in [1.807, 2.05) is 0 Å². The van der Waals surface area contributed by atoms with Crippen LogP contribution in [0.15, 0.2) is 59.5 Å². The molecule has 1 amide bonds. The zero-order valence-corrected chi connectivity index (χ0v) is 15.9. The molecule has 0 atom stereocenters. The number of nitro benzene ring substituents is 1. The van der Waals surface area contributed by atoms with Crippen molar-refractivity contribution >= 4 is 28.9 Å². The lowest BCUT2D eigenvalue weighted by Crippen LogP contribution is -2.21. The van der Waals surface area contributed by atoms with Gasteiger partial charge in [0.15, 0.2) is 0 Å². The molecule has 0 spiro atoms. The summed E-state index contributed by atoms with van der Waals surface area (Å²) in [6.07, 6.45) is 1.42. The van der Waals surface area contributed by atoms with Crippen molar-refractivity contribution in [2.24, 2.45) is 0 Å². The number of carbonyl (C=O) groups is 1. The number of hydrogen-bond acceptors (Lipinski definition) is 4. The molecule has 2 aromatic carbocycles. The third-order valence-corrected chi connectivity index (χ3v) is 4.68. The molecule has 0 aliphatic heterocycles. The first-order valence-corrected chi connectivity index (χ1v) is 8.84. The van der Waals surface area contributed by atoms with Gasteiger partial charge in [-0.15, -0.1) is 0 Å². The molecule has 29 heavy (non-hydrogen) atoms. The Morgan fingerprint density at radius 3 is 2.66 bits per heavy atom. The van der Waals surface area contributed by atoms with Gasteiger partial charge in [-0.25, -0.2) is 4.39 Å². The van der Waals surface area contributed by atoms with Crippen molar-refractivity contribution < 1.29 is 14.1 Å². The van der Waals surface area contributed by atoms with Crippen LogP contribution in [0.25, 0.3) is 0 Å². The molecule has 0 aliphatic rings. The number of hydrogen-bond donors (Lipinski definition) is 1. The van der Waals surface area contributed by atoms with Crippen LogP contribution in [0.4, 0.5) is 15.8 Å². The fourth-order valence-electron chi connectivity index (χ4n) is 2.73. The van der Waals surface area contributed by atoms with Gasteiger partial charge in [-0.05, 0) is 30.7 Å². The number of halogens is 2. The quantitative estimate of drug-likeness (QED) is 0.500. The van der Waals surface area contributed by atoms with Crippen molar-refractivity contribution in [3.63, 3.8) is 0 Å². The summed E-state index contributed by atoms with van der Waals surface area (Å²) in [5.74, 6) is -1.59. The van der Waals surface area contributed by atoms with Gasteiger partial charge in [-0.1, -0.05) is 29.8 Å². The van der Waals surface area contributed by atoms with Crippen LogP contribution in [-0.4, -0.2) is 15.4 Å². The van der Waals surface area contributed by atoms with E-state index in [2.05, 4.69) is 5.32 Å². The Kier molecular flexibility index (Phi) is 5.74. The summed E-state index contributed by atoms with van der Waals surface area (Å²) >= 11 is 6.12. The van der Waals surface area contributed by atoms with Crippen LogP contribution >= 0.6 is 11.6 Å². The molecule has 3 rings (SSSR count). The van der Waals surface area contributed by atoms with Crippen LogP contribution in [0.2, 0.25) is 5.02 Å². The second-order valence-corrected chi connectivity index (χ2v) is 6.70. The maximum Gasteiger partial charge on any atom is 0.276 e. The Morgan fingerprint density at radius 1 is 1.24 bits per heavy atom. The molecule has 0 fully saturated rings. The highest BCUT2D eigenvalue weighted by molar-refractivity contribution is 6.31. The predicted molar refractivity (Wildman–Crippen MR) is 107 cm³/mol. The van der Waals surface area contributed by atoms with Crippen molar-refractivity contribution in [3.8, 4) is 0 Å². The minimum Gasteiger partial charge on any atom is -0.321 e. The van der Waals surface area contributed by atoms with E-state index >= 15 is 0 Å². The third-order valence-electron chi connectivity index (χ3n) is 4.32. The Morgan fingerprint density at radius 2 is 1.97 bits per heavy atom. The molecule has 0 radical (unpaired) electrons. The Hall–Kier alpha value is -3.52. The van der Waals surface area contributed by atoms with Crippen LogP contribution < -0.4 is 10.9 Å². The van der Waals surface area contributed by atoms with Crippen molar-refractivity contribution in [1.82, 2.24) is 4.57 Å². The minimum atomic E-state index is -0.854. The smallest absolute Gasteiger partial charge is 0.276 e. The van der Waals surface area contributed by atoms with Crippen molar-refractivity contribution in [2.45, 2.75) is 13.5 Å². The molecule has 0 saturated carbocycles. The molecule has 9 heteroatoms. The highest BCUT2D eigenvalue weighted by Crippen LogP contribution is 2.23. The zero-order valence-electron chi connectivity index (χ0n) is 15.2. The van der Waals surface area contributed by atoms with Gasteiger partial charge in [-0.2, -0.15) is 0 Å². The van der Waals surface area contributed by atoms with Gasteiger partial charge >= 0.3 is 0 Å². The molecule has 1 N–H and O–H groups in total. The standard InChI is InChI=1S/C20H15ClFN3O4/c1-12-17(22)8-14(9-18(12)25(28)29)20(27)23-15-6-7-19(26)24(11-15)10-13-4-2-3-5-16(13)21/h2-9,11H,10H2,1H3,(H,23,27). The Balaban J connectivity index is 1.88. The number of carbonyl (C=O) groups excluding carboxylic acids is 1. The predicted octanol–water partition coefficient (Wildman–Crippen LogP) is 4.16. The lowest BCUT2D eigenvalue weighted by atomic mass is 10.1. The first-order chi connectivity index (χ1) is 13.8. The molecular weight excluding hydrogens is 401 g/mol. The van der Waals surface area contributed by atoms with Gasteiger partial charge < -0.3 is 9.88 Å². The largest absolute Gasteiger partial charge is 0.321 e. The number of nitrogens with zero attached hydrogens (tertiary/aromatic N) is 2. The monoisotopic (exact) mass is 415 g/mol. The molecule has 7 nitrogen and oxygen atoms in total. The van der Waals surface area contributed by atoms with Crippen LogP contribution in [0.3, 0.4) is 0 Å². The molecule has 1 heterocycles. The second kappa shape index (κ2) is 8.24. The van der Waals surface area contributed by atoms with Crippen molar-refractivity contribution in [3.05, 3.63) is 103 Å². The summed E-state index contributed by atoms with van der Waals surface area (Å²) in [4.78, 5) is 34.9. The fraction of sp³-hybridized carbons (Fsp3) is 0.100. The molecule has 1 aromatic heterocycles. The van der Waals surface area contributed by atoms with Crippen LogP contribution in [0.1, 0.15) is 21.5 Å². The molecule has 148 valence electrons. The van der Waals surface area contributed by atoms with Crippen LogP contribution in [0.5, 0.6) is 0 Å². The number of nitro groups is 1. The highest BCUT2D eigenvalue weighted by Gasteiger charge is 2.19. The number of rotatable bonds is 5. The summed E-state index contributed by atoms with van der Waals surface area (Å²) in [6, 6.07) is 11.6. The molecule has 0 bridgehead atoms. The number of anilines is 1. The summed E-state index contributed by atoms with van der Waals surface area (Å²) < 4.78 is 15.3. The van der Waals surface area contributed by atoms with E-state index in [0.717, 1.165) is 17.7 Å². The maximum absolute atomic E-state index is 14.0. The summed E-state index contributed by atoms with van der Waals surface area (Å²) in [5, 5.41) is 14.1. The number of nitrogens with one attached hydrogen (secondary N) is 1. The number of pyridine rings is 1. The van der Waals surface area contributed by atoms with E-state index in [1.165, 1.54) is 29.8 Å². The third kappa shape index (κ3) is 4.49. The zero-order chi connectivity index (χ0) is 21.1. The topological polar surface area (TPSA) is 94.2 Å². The van der Waals surface area contributed by atoms with E-state index in [1.54, 1.807) is 24.3 Å². The van der Waals surface area contributed by atoms with E-state index in [0.29, 0.717) is 5.02 Å². The van der Waals surface area contributed by atoms with Crippen molar-refractivity contribution in [1.29, 1.82) is 0 Å². The van der Waals surface area contributed by atoms with Gasteiger partial charge in [-0.3, -0.25) is 19.7 Å². The van der Waals surface area contributed by atoms with Gasteiger partial charge in [0.25, 0.3) is 17.2 Å². The Labute approximate surface area is 169 Å². The molecule has 3 aromatic rings. The van der Waals surface area contributed by atoms with Crippen LogP contribution in [-0.2, 0) is 6.54 Å². The average molecular weight is 416 g/mol. The first-order valence-electron chi connectivity index (χ1n) is 8.46. The van der Waals surface area contributed by atoms with Crippen molar-refractivity contribution in [2.75, 3.05) is 5.32 Å². The van der Waals surface area contributed by atoms with E-state index in [-0.39, 0.29) is 28.9 Å².